The van der Waals surface area contributed by atoms with E-state index < -0.39 is 5.82 Å². The first kappa shape index (κ1) is 15.0. The Balaban J connectivity index is 2.20. The average Bonchev–Trinajstić information content (AvgIpc) is 2.48. The first-order chi connectivity index (χ1) is 9.60. The number of ketones is 1. The van der Waals surface area contributed by atoms with E-state index in [1.807, 2.05) is 7.05 Å². The van der Waals surface area contributed by atoms with Crippen LogP contribution in [-0.2, 0) is 0 Å². The summed E-state index contributed by atoms with van der Waals surface area (Å²) in [6.45, 7) is 0. The van der Waals surface area contributed by atoms with Gasteiger partial charge in [0.1, 0.15) is 11.6 Å². The third-order valence-corrected chi connectivity index (χ3v) is 4.30. The highest BCUT2D eigenvalue weighted by Gasteiger charge is 2.33. The molecule has 1 N–H and O–H groups in total. The molecule has 2 rings (SSSR count). The Hall–Kier alpha value is -1.42. The lowest BCUT2D eigenvalue weighted by atomic mass is 9.77. The number of halogens is 1. The molecule has 0 saturated heterocycles. The predicted octanol–water partition coefficient (Wildman–Crippen LogP) is 3.33. The molecule has 0 bridgehead atoms. The third kappa shape index (κ3) is 3.18. The number of carbonyl (C=O) groups excluding carboxylic acids is 1. The molecule has 1 aliphatic carbocycles. The molecule has 1 aromatic rings. The van der Waals surface area contributed by atoms with E-state index >= 15 is 0 Å². The number of benzene rings is 1. The molecule has 1 fully saturated rings. The van der Waals surface area contributed by atoms with Crippen molar-refractivity contribution in [2.45, 2.75) is 44.1 Å². The first-order valence-electron chi connectivity index (χ1n) is 7.16. The van der Waals surface area contributed by atoms with E-state index in [2.05, 4.69) is 5.32 Å². The molecule has 20 heavy (non-hydrogen) atoms. The van der Waals surface area contributed by atoms with E-state index in [1.54, 1.807) is 0 Å². The Morgan fingerprint density at radius 1 is 1.35 bits per heavy atom. The van der Waals surface area contributed by atoms with Gasteiger partial charge in [-0.25, -0.2) is 4.39 Å². The number of Topliss-reactive ketones (excluding diaryl/α,β-unsaturated/α-hetero) is 1. The summed E-state index contributed by atoms with van der Waals surface area (Å²) in [6.07, 6.45) is 5.87. The zero-order valence-corrected chi connectivity index (χ0v) is 12.2. The van der Waals surface area contributed by atoms with Crippen molar-refractivity contribution in [2.75, 3.05) is 14.2 Å². The monoisotopic (exact) mass is 279 g/mol. The fourth-order valence-corrected chi connectivity index (χ4v) is 3.04. The second kappa shape index (κ2) is 6.35. The molecule has 0 unspecified atom stereocenters. The lowest BCUT2D eigenvalue weighted by Crippen LogP contribution is -2.46. The van der Waals surface area contributed by atoms with Gasteiger partial charge in [0.05, 0.1) is 12.7 Å². The summed E-state index contributed by atoms with van der Waals surface area (Å²) in [5.74, 6) is -0.0210. The average molecular weight is 279 g/mol. The maximum absolute atomic E-state index is 13.4. The van der Waals surface area contributed by atoms with Crippen LogP contribution in [0, 0.1) is 5.82 Å². The minimum Gasteiger partial charge on any atom is -0.496 e. The van der Waals surface area contributed by atoms with Gasteiger partial charge in [-0.2, -0.15) is 0 Å². The van der Waals surface area contributed by atoms with Crippen molar-refractivity contribution in [3.05, 3.63) is 29.6 Å². The van der Waals surface area contributed by atoms with Crippen molar-refractivity contribution < 1.29 is 13.9 Å². The second-order valence-electron chi connectivity index (χ2n) is 5.54. The van der Waals surface area contributed by atoms with Gasteiger partial charge in [-0.3, -0.25) is 4.79 Å². The summed E-state index contributed by atoms with van der Waals surface area (Å²) < 4.78 is 18.5. The van der Waals surface area contributed by atoms with E-state index in [0.29, 0.717) is 17.7 Å². The summed E-state index contributed by atoms with van der Waals surface area (Å²) >= 11 is 0. The molecule has 110 valence electrons. The van der Waals surface area contributed by atoms with Crippen LogP contribution in [0.15, 0.2) is 18.2 Å². The molecule has 0 amide bonds. The van der Waals surface area contributed by atoms with Gasteiger partial charge < -0.3 is 10.1 Å². The molecular weight excluding hydrogens is 257 g/mol. The van der Waals surface area contributed by atoms with Crippen molar-refractivity contribution in [3.63, 3.8) is 0 Å². The summed E-state index contributed by atoms with van der Waals surface area (Å²) in [4.78, 5) is 12.5. The van der Waals surface area contributed by atoms with Gasteiger partial charge >= 0.3 is 0 Å². The van der Waals surface area contributed by atoms with Crippen LogP contribution in [0.1, 0.15) is 48.9 Å². The van der Waals surface area contributed by atoms with E-state index in [9.17, 15) is 9.18 Å². The standard InChI is InChI=1S/C16H22FNO2/c1-18-16(8-4-3-5-9-16)11-14(19)13-10-12(17)6-7-15(13)20-2/h6-7,10,18H,3-5,8-9,11H2,1-2H3. The molecule has 0 spiro atoms. The minimum atomic E-state index is -0.406. The van der Waals surface area contributed by atoms with Crippen molar-refractivity contribution in [1.82, 2.24) is 5.32 Å². The topological polar surface area (TPSA) is 38.3 Å². The highest BCUT2D eigenvalue weighted by atomic mass is 19.1. The van der Waals surface area contributed by atoms with Crippen LogP contribution < -0.4 is 10.1 Å². The Morgan fingerprint density at radius 2 is 2.05 bits per heavy atom. The maximum Gasteiger partial charge on any atom is 0.168 e. The van der Waals surface area contributed by atoms with Crippen LogP contribution in [0.4, 0.5) is 4.39 Å². The smallest absolute Gasteiger partial charge is 0.168 e. The number of ether oxygens (including phenoxy) is 1. The Bertz CT molecular complexity index is 481. The molecule has 0 radical (unpaired) electrons. The lowest BCUT2D eigenvalue weighted by Gasteiger charge is -2.36. The molecular formula is C16H22FNO2. The quantitative estimate of drug-likeness (QED) is 0.840. The zero-order valence-electron chi connectivity index (χ0n) is 12.2. The highest BCUT2D eigenvalue weighted by Crippen LogP contribution is 2.33. The molecule has 4 heteroatoms. The summed E-state index contributed by atoms with van der Waals surface area (Å²) in [7, 11) is 3.40. The summed E-state index contributed by atoms with van der Waals surface area (Å²) in [5, 5.41) is 3.31. The first-order valence-corrected chi connectivity index (χ1v) is 7.16. The van der Waals surface area contributed by atoms with E-state index in [-0.39, 0.29) is 11.3 Å². The van der Waals surface area contributed by atoms with Crippen molar-refractivity contribution >= 4 is 5.78 Å². The molecule has 3 nitrogen and oxygen atoms in total. The Labute approximate surface area is 119 Å². The van der Waals surface area contributed by atoms with Crippen LogP contribution in [0.2, 0.25) is 0 Å². The largest absolute Gasteiger partial charge is 0.496 e. The number of hydrogen-bond donors (Lipinski definition) is 1. The van der Waals surface area contributed by atoms with E-state index in [0.717, 1.165) is 25.7 Å². The van der Waals surface area contributed by atoms with Crippen LogP contribution in [0.25, 0.3) is 0 Å². The highest BCUT2D eigenvalue weighted by molar-refractivity contribution is 5.99. The Morgan fingerprint density at radius 3 is 2.65 bits per heavy atom. The van der Waals surface area contributed by atoms with Gasteiger partial charge in [0.25, 0.3) is 0 Å². The fraction of sp³-hybridized carbons (Fsp3) is 0.562. The fourth-order valence-electron chi connectivity index (χ4n) is 3.04. The van der Waals surface area contributed by atoms with Gasteiger partial charge in [0.2, 0.25) is 0 Å². The molecule has 0 aliphatic heterocycles. The van der Waals surface area contributed by atoms with Crippen LogP contribution in [-0.4, -0.2) is 25.5 Å². The van der Waals surface area contributed by atoms with E-state index in [1.165, 1.54) is 31.7 Å². The van der Waals surface area contributed by atoms with Gasteiger partial charge in [0.15, 0.2) is 5.78 Å². The predicted molar refractivity (Wildman–Crippen MR) is 76.8 cm³/mol. The summed E-state index contributed by atoms with van der Waals surface area (Å²) in [5.41, 5.74) is 0.194. The molecule has 0 heterocycles. The van der Waals surface area contributed by atoms with Crippen LogP contribution in [0.5, 0.6) is 5.75 Å². The van der Waals surface area contributed by atoms with Crippen LogP contribution in [0.3, 0.4) is 0 Å². The van der Waals surface area contributed by atoms with Crippen molar-refractivity contribution in [1.29, 1.82) is 0 Å². The lowest BCUT2D eigenvalue weighted by molar-refractivity contribution is 0.0911. The third-order valence-electron chi connectivity index (χ3n) is 4.30. The van der Waals surface area contributed by atoms with Gasteiger partial charge in [-0.15, -0.1) is 0 Å². The normalized spacial score (nSPS) is 17.8. The molecule has 1 aromatic carbocycles. The number of hydrogen-bond acceptors (Lipinski definition) is 3. The van der Waals surface area contributed by atoms with Crippen molar-refractivity contribution in [2.24, 2.45) is 0 Å². The second-order valence-corrected chi connectivity index (χ2v) is 5.54. The molecule has 0 aromatic heterocycles. The van der Waals surface area contributed by atoms with Gasteiger partial charge in [-0.1, -0.05) is 19.3 Å². The van der Waals surface area contributed by atoms with Crippen molar-refractivity contribution in [3.8, 4) is 5.75 Å². The number of rotatable bonds is 5. The zero-order chi connectivity index (χ0) is 14.6. The summed E-state index contributed by atoms with van der Waals surface area (Å²) in [6, 6.07) is 4.09. The minimum absolute atomic E-state index is 0.0578. The van der Waals surface area contributed by atoms with Gasteiger partial charge in [0, 0.05) is 12.0 Å². The van der Waals surface area contributed by atoms with Gasteiger partial charge in [-0.05, 0) is 38.1 Å². The number of carbonyl (C=O) groups is 1. The number of methoxy groups -OCH3 is 1. The maximum atomic E-state index is 13.4. The molecule has 0 atom stereocenters. The molecule has 1 aliphatic rings. The number of nitrogens with one attached hydrogen (secondary N) is 1. The SMILES string of the molecule is CNC1(CC(=O)c2cc(F)ccc2OC)CCCCC1. The molecule has 1 saturated carbocycles. The van der Waals surface area contributed by atoms with E-state index in [4.69, 9.17) is 4.74 Å². The Kier molecular flexibility index (Phi) is 4.76. The van der Waals surface area contributed by atoms with Crippen LogP contribution >= 0.6 is 0 Å².